The van der Waals surface area contributed by atoms with Crippen molar-refractivity contribution in [3.63, 3.8) is 0 Å². The molecule has 0 aromatic heterocycles. The summed E-state index contributed by atoms with van der Waals surface area (Å²) in [6.07, 6.45) is 4.97. The molecule has 19 heavy (non-hydrogen) atoms. The lowest BCUT2D eigenvalue weighted by Crippen LogP contribution is -2.48. The SMILES string of the molecule is CC(C)(C)OC(=O)N1CCC(C#N)(C2CCC2)CC1. The zero-order valence-electron chi connectivity index (χ0n) is 12.2. The number of hydrogen-bond donors (Lipinski definition) is 0. The second-order valence-electron chi connectivity index (χ2n) is 6.86. The molecule has 0 atom stereocenters. The van der Waals surface area contributed by atoms with E-state index in [9.17, 15) is 10.1 Å². The van der Waals surface area contributed by atoms with Crippen LogP contribution >= 0.6 is 0 Å². The van der Waals surface area contributed by atoms with Crippen molar-refractivity contribution < 1.29 is 9.53 Å². The highest BCUT2D eigenvalue weighted by atomic mass is 16.6. The molecule has 2 fully saturated rings. The quantitative estimate of drug-likeness (QED) is 0.730. The van der Waals surface area contributed by atoms with E-state index in [1.165, 1.54) is 19.3 Å². The second-order valence-corrected chi connectivity index (χ2v) is 6.86. The summed E-state index contributed by atoms with van der Waals surface area (Å²) in [6, 6.07) is 2.55. The fourth-order valence-electron chi connectivity index (χ4n) is 2.99. The molecule has 1 aliphatic heterocycles. The molecule has 1 aliphatic carbocycles. The van der Waals surface area contributed by atoms with Gasteiger partial charge < -0.3 is 9.64 Å². The average molecular weight is 264 g/mol. The molecule has 4 nitrogen and oxygen atoms in total. The van der Waals surface area contributed by atoms with Crippen LogP contribution in [-0.4, -0.2) is 29.7 Å². The van der Waals surface area contributed by atoms with E-state index in [1.807, 2.05) is 20.8 Å². The lowest BCUT2D eigenvalue weighted by atomic mass is 9.62. The zero-order chi connectivity index (χ0) is 14.1. The van der Waals surface area contributed by atoms with Crippen molar-refractivity contribution in [3.8, 4) is 6.07 Å². The Bertz CT molecular complexity index is 380. The number of nitrogens with zero attached hydrogens (tertiary/aromatic N) is 2. The number of carbonyl (C=O) groups is 1. The first-order valence-electron chi connectivity index (χ1n) is 7.25. The van der Waals surface area contributed by atoms with Gasteiger partial charge in [0.05, 0.1) is 11.5 Å². The second kappa shape index (κ2) is 5.03. The molecule has 2 rings (SSSR count). The first-order valence-corrected chi connectivity index (χ1v) is 7.25. The third kappa shape index (κ3) is 3.02. The van der Waals surface area contributed by atoms with Crippen molar-refractivity contribution >= 4 is 6.09 Å². The van der Waals surface area contributed by atoms with Crippen LogP contribution in [0.15, 0.2) is 0 Å². The summed E-state index contributed by atoms with van der Waals surface area (Å²) in [6.45, 7) is 6.94. The molecule has 1 amide bonds. The molecule has 2 aliphatic rings. The molecule has 1 saturated carbocycles. The Kier molecular flexibility index (Phi) is 3.75. The van der Waals surface area contributed by atoms with E-state index >= 15 is 0 Å². The van der Waals surface area contributed by atoms with Gasteiger partial charge in [-0.3, -0.25) is 0 Å². The van der Waals surface area contributed by atoms with Gasteiger partial charge in [-0.15, -0.1) is 0 Å². The number of hydrogen-bond acceptors (Lipinski definition) is 3. The monoisotopic (exact) mass is 264 g/mol. The maximum atomic E-state index is 12.0. The summed E-state index contributed by atoms with van der Waals surface area (Å²) < 4.78 is 5.38. The number of piperidine rings is 1. The first kappa shape index (κ1) is 14.2. The summed E-state index contributed by atoms with van der Waals surface area (Å²) in [5.74, 6) is 0.554. The van der Waals surface area contributed by atoms with Crippen molar-refractivity contribution in [2.75, 3.05) is 13.1 Å². The highest BCUT2D eigenvalue weighted by Gasteiger charge is 2.45. The number of ether oxygens (including phenoxy) is 1. The van der Waals surface area contributed by atoms with Crippen molar-refractivity contribution in [2.45, 2.75) is 58.5 Å². The van der Waals surface area contributed by atoms with Crippen LogP contribution in [0.4, 0.5) is 4.79 Å². The van der Waals surface area contributed by atoms with Gasteiger partial charge in [-0.25, -0.2) is 4.79 Å². The van der Waals surface area contributed by atoms with Crippen LogP contribution in [0.1, 0.15) is 52.9 Å². The standard InChI is InChI=1S/C15H24N2O2/c1-14(2,3)19-13(18)17-9-7-15(11-16,8-10-17)12-5-4-6-12/h12H,4-10H2,1-3H3. The molecular formula is C15H24N2O2. The summed E-state index contributed by atoms with van der Waals surface area (Å²) >= 11 is 0. The van der Waals surface area contributed by atoms with Crippen LogP contribution in [0.5, 0.6) is 0 Å². The topological polar surface area (TPSA) is 53.3 Å². The van der Waals surface area contributed by atoms with Crippen LogP contribution in [0, 0.1) is 22.7 Å². The van der Waals surface area contributed by atoms with Crippen molar-refractivity contribution in [3.05, 3.63) is 0 Å². The van der Waals surface area contributed by atoms with E-state index in [0.29, 0.717) is 19.0 Å². The Labute approximate surface area is 115 Å². The van der Waals surface area contributed by atoms with Gasteiger partial charge in [-0.05, 0) is 52.4 Å². The van der Waals surface area contributed by atoms with E-state index in [4.69, 9.17) is 4.74 Å². The normalized spacial score (nSPS) is 23.4. The maximum absolute atomic E-state index is 12.0. The van der Waals surface area contributed by atoms with Crippen LogP contribution in [-0.2, 0) is 4.74 Å². The van der Waals surface area contributed by atoms with E-state index < -0.39 is 5.60 Å². The minimum absolute atomic E-state index is 0.184. The number of rotatable bonds is 1. The molecule has 0 aromatic carbocycles. The summed E-state index contributed by atoms with van der Waals surface area (Å²) in [5, 5.41) is 9.50. The highest BCUT2D eigenvalue weighted by Crippen LogP contribution is 2.48. The van der Waals surface area contributed by atoms with Gasteiger partial charge in [0.2, 0.25) is 0 Å². The molecule has 0 aromatic rings. The lowest BCUT2D eigenvalue weighted by molar-refractivity contribution is 0.00311. The third-order valence-electron chi connectivity index (χ3n) is 4.42. The number of amides is 1. The Morgan fingerprint density at radius 3 is 2.26 bits per heavy atom. The molecule has 1 saturated heterocycles. The number of carbonyl (C=O) groups excluding carboxylic acids is 1. The summed E-state index contributed by atoms with van der Waals surface area (Å²) in [4.78, 5) is 13.7. The van der Waals surface area contributed by atoms with Gasteiger partial charge in [0.1, 0.15) is 5.60 Å². The Hall–Kier alpha value is -1.24. The Morgan fingerprint density at radius 1 is 1.32 bits per heavy atom. The number of nitriles is 1. The van der Waals surface area contributed by atoms with Gasteiger partial charge in [-0.1, -0.05) is 6.42 Å². The fraction of sp³-hybridized carbons (Fsp3) is 0.867. The van der Waals surface area contributed by atoms with Crippen LogP contribution < -0.4 is 0 Å². The van der Waals surface area contributed by atoms with Gasteiger partial charge in [0, 0.05) is 13.1 Å². The largest absolute Gasteiger partial charge is 0.444 e. The third-order valence-corrected chi connectivity index (χ3v) is 4.42. The van der Waals surface area contributed by atoms with E-state index in [2.05, 4.69) is 6.07 Å². The molecular weight excluding hydrogens is 240 g/mol. The minimum atomic E-state index is -0.450. The summed E-state index contributed by atoms with van der Waals surface area (Å²) in [7, 11) is 0. The predicted octanol–water partition coefficient (Wildman–Crippen LogP) is 3.33. The smallest absolute Gasteiger partial charge is 0.410 e. The molecule has 0 radical (unpaired) electrons. The molecule has 1 heterocycles. The first-order chi connectivity index (χ1) is 8.86. The van der Waals surface area contributed by atoms with Crippen molar-refractivity contribution in [1.82, 2.24) is 4.90 Å². The van der Waals surface area contributed by atoms with Crippen molar-refractivity contribution in [2.24, 2.45) is 11.3 Å². The van der Waals surface area contributed by atoms with E-state index in [-0.39, 0.29) is 11.5 Å². The lowest BCUT2D eigenvalue weighted by Gasteiger charge is -2.45. The van der Waals surface area contributed by atoms with Gasteiger partial charge in [-0.2, -0.15) is 5.26 Å². The zero-order valence-corrected chi connectivity index (χ0v) is 12.2. The molecule has 0 N–H and O–H groups in total. The maximum Gasteiger partial charge on any atom is 0.410 e. The Morgan fingerprint density at radius 2 is 1.89 bits per heavy atom. The number of likely N-dealkylation sites (tertiary alicyclic amines) is 1. The van der Waals surface area contributed by atoms with Gasteiger partial charge in [0.25, 0.3) is 0 Å². The Balaban J connectivity index is 1.91. The minimum Gasteiger partial charge on any atom is -0.444 e. The predicted molar refractivity (Wildman–Crippen MR) is 72.4 cm³/mol. The fourth-order valence-corrected chi connectivity index (χ4v) is 2.99. The van der Waals surface area contributed by atoms with E-state index in [1.54, 1.807) is 4.90 Å². The van der Waals surface area contributed by atoms with Gasteiger partial charge in [0.15, 0.2) is 0 Å². The van der Waals surface area contributed by atoms with E-state index in [0.717, 1.165) is 12.8 Å². The van der Waals surface area contributed by atoms with Gasteiger partial charge >= 0.3 is 6.09 Å². The van der Waals surface area contributed by atoms with Crippen LogP contribution in [0.3, 0.4) is 0 Å². The molecule has 4 heteroatoms. The molecule has 106 valence electrons. The summed E-state index contributed by atoms with van der Waals surface area (Å²) in [5.41, 5.74) is -0.633. The molecule has 0 bridgehead atoms. The molecule has 0 unspecified atom stereocenters. The van der Waals surface area contributed by atoms with Crippen molar-refractivity contribution in [1.29, 1.82) is 5.26 Å². The van der Waals surface area contributed by atoms with Crippen LogP contribution in [0.2, 0.25) is 0 Å². The average Bonchev–Trinajstić information content (AvgIpc) is 2.25. The van der Waals surface area contributed by atoms with Crippen LogP contribution in [0.25, 0.3) is 0 Å². The highest BCUT2D eigenvalue weighted by molar-refractivity contribution is 5.68. The molecule has 0 spiro atoms.